The highest BCUT2D eigenvalue weighted by Gasteiger charge is 2.46. The van der Waals surface area contributed by atoms with Gasteiger partial charge in [0.2, 0.25) is 0 Å². The van der Waals surface area contributed by atoms with Crippen LogP contribution in [-0.4, -0.2) is 22.0 Å². The minimum atomic E-state index is 0.178. The summed E-state index contributed by atoms with van der Waals surface area (Å²) < 4.78 is 0. The Labute approximate surface area is 65.2 Å². The van der Waals surface area contributed by atoms with Gasteiger partial charge in [-0.05, 0) is 19.8 Å². The molecule has 0 amide bonds. The summed E-state index contributed by atoms with van der Waals surface area (Å²) >= 11 is 0. The summed E-state index contributed by atoms with van der Waals surface area (Å²) in [5, 5.41) is 10.7. The van der Waals surface area contributed by atoms with Gasteiger partial charge in [0.25, 0.3) is 0 Å². The molecular weight excluding hydrogens is 140 g/mol. The first-order valence-corrected chi connectivity index (χ1v) is 3.86. The van der Waals surface area contributed by atoms with E-state index >= 15 is 0 Å². The molecule has 1 aliphatic rings. The van der Waals surface area contributed by atoms with E-state index in [4.69, 9.17) is 5.73 Å². The standard InChI is InChI=1S/C7H12N4/c1-5-6(10-11-9-5)7(4-8)2-3-7/h2-4,8H2,1H3,(H,9,10,11). The van der Waals surface area contributed by atoms with Gasteiger partial charge in [-0.25, -0.2) is 0 Å². The van der Waals surface area contributed by atoms with E-state index in [2.05, 4.69) is 15.4 Å². The predicted octanol–water partition coefficient (Wildman–Crippen LogP) is 0.103. The van der Waals surface area contributed by atoms with E-state index in [0.717, 1.165) is 24.2 Å². The Balaban J connectivity index is 2.35. The maximum absolute atomic E-state index is 5.65. The van der Waals surface area contributed by atoms with Crippen LogP contribution in [0.5, 0.6) is 0 Å². The second-order valence-corrected chi connectivity index (χ2v) is 3.24. The van der Waals surface area contributed by atoms with Gasteiger partial charge in [0.15, 0.2) is 0 Å². The van der Waals surface area contributed by atoms with Gasteiger partial charge in [-0.3, -0.25) is 0 Å². The second kappa shape index (κ2) is 2.04. The van der Waals surface area contributed by atoms with Crippen molar-refractivity contribution in [1.82, 2.24) is 15.4 Å². The maximum atomic E-state index is 5.65. The van der Waals surface area contributed by atoms with Gasteiger partial charge < -0.3 is 5.73 Å². The monoisotopic (exact) mass is 152 g/mol. The van der Waals surface area contributed by atoms with Crippen molar-refractivity contribution >= 4 is 0 Å². The van der Waals surface area contributed by atoms with Crippen LogP contribution in [0.2, 0.25) is 0 Å². The zero-order valence-corrected chi connectivity index (χ0v) is 6.59. The van der Waals surface area contributed by atoms with Crippen LogP contribution in [-0.2, 0) is 5.41 Å². The summed E-state index contributed by atoms with van der Waals surface area (Å²) in [4.78, 5) is 0. The quantitative estimate of drug-likeness (QED) is 0.631. The summed E-state index contributed by atoms with van der Waals surface area (Å²) in [5.74, 6) is 0. The van der Waals surface area contributed by atoms with Crippen molar-refractivity contribution < 1.29 is 0 Å². The van der Waals surface area contributed by atoms with Crippen molar-refractivity contribution in [1.29, 1.82) is 0 Å². The fraction of sp³-hybridized carbons (Fsp3) is 0.714. The van der Waals surface area contributed by atoms with Gasteiger partial charge in [-0.15, -0.1) is 0 Å². The number of H-pyrrole nitrogens is 1. The molecule has 4 nitrogen and oxygen atoms in total. The van der Waals surface area contributed by atoms with E-state index in [-0.39, 0.29) is 5.41 Å². The van der Waals surface area contributed by atoms with E-state index < -0.39 is 0 Å². The predicted molar refractivity (Wildman–Crippen MR) is 41.1 cm³/mol. The largest absolute Gasteiger partial charge is 0.330 e. The van der Waals surface area contributed by atoms with Gasteiger partial charge in [-0.1, -0.05) is 0 Å². The lowest BCUT2D eigenvalue weighted by Crippen LogP contribution is -2.21. The Morgan fingerprint density at radius 1 is 1.55 bits per heavy atom. The zero-order valence-electron chi connectivity index (χ0n) is 6.59. The lowest BCUT2D eigenvalue weighted by atomic mass is 10.0. The SMILES string of the molecule is Cc1n[nH]nc1C1(CN)CC1. The van der Waals surface area contributed by atoms with Crippen molar-refractivity contribution in [3.05, 3.63) is 11.4 Å². The van der Waals surface area contributed by atoms with Crippen molar-refractivity contribution in [2.24, 2.45) is 5.73 Å². The molecule has 1 saturated carbocycles. The number of nitrogens with zero attached hydrogens (tertiary/aromatic N) is 2. The number of aromatic amines is 1. The van der Waals surface area contributed by atoms with Crippen LogP contribution in [0.15, 0.2) is 0 Å². The first-order chi connectivity index (χ1) is 5.28. The minimum Gasteiger partial charge on any atom is -0.330 e. The molecule has 0 saturated heterocycles. The number of nitrogens with one attached hydrogen (secondary N) is 1. The first kappa shape index (κ1) is 6.79. The van der Waals surface area contributed by atoms with Crippen LogP contribution in [0, 0.1) is 6.92 Å². The van der Waals surface area contributed by atoms with Crippen LogP contribution in [0.3, 0.4) is 0 Å². The number of hydrogen-bond acceptors (Lipinski definition) is 3. The Morgan fingerprint density at radius 2 is 2.27 bits per heavy atom. The number of aryl methyl sites for hydroxylation is 1. The van der Waals surface area contributed by atoms with Crippen LogP contribution >= 0.6 is 0 Å². The van der Waals surface area contributed by atoms with Crippen molar-refractivity contribution in [3.63, 3.8) is 0 Å². The molecule has 4 heteroatoms. The lowest BCUT2D eigenvalue weighted by molar-refractivity contribution is 0.670. The summed E-state index contributed by atoms with van der Waals surface area (Å²) in [7, 11) is 0. The zero-order chi connectivity index (χ0) is 7.90. The van der Waals surface area contributed by atoms with Gasteiger partial charge in [0.1, 0.15) is 0 Å². The number of rotatable bonds is 2. The van der Waals surface area contributed by atoms with Gasteiger partial charge in [0, 0.05) is 12.0 Å². The molecule has 1 aromatic heterocycles. The smallest absolute Gasteiger partial charge is 0.0928 e. The minimum absolute atomic E-state index is 0.178. The summed E-state index contributed by atoms with van der Waals surface area (Å²) in [6.07, 6.45) is 2.33. The molecule has 0 unspecified atom stereocenters. The summed E-state index contributed by atoms with van der Waals surface area (Å²) in [6, 6.07) is 0. The lowest BCUT2D eigenvalue weighted by Gasteiger charge is -2.07. The number of hydrogen-bond donors (Lipinski definition) is 2. The molecule has 1 heterocycles. The highest BCUT2D eigenvalue weighted by molar-refractivity contribution is 5.27. The van der Waals surface area contributed by atoms with Crippen LogP contribution < -0.4 is 5.73 Å². The highest BCUT2D eigenvalue weighted by Crippen LogP contribution is 2.46. The Kier molecular flexibility index (Phi) is 1.26. The first-order valence-electron chi connectivity index (χ1n) is 3.86. The Morgan fingerprint density at radius 3 is 2.64 bits per heavy atom. The topological polar surface area (TPSA) is 67.6 Å². The molecule has 0 radical (unpaired) electrons. The third kappa shape index (κ3) is 0.860. The summed E-state index contributed by atoms with van der Waals surface area (Å²) in [6.45, 7) is 2.66. The van der Waals surface area contributed by atoms with Crippen LogP contribution in [0.4, 0.5) is 0 Å². The molecule has 0 aromatic carbocycles. The molecule has 1 aromatic rings. The van der Waals surface area contributed by atoms with E-state index in [1.165, 1.54) is 0 Å². The molecule has 0 aliphatic heterocycles. The normalized spacial score (nSPS) is 20.2. The molecule has 0 spiro atoms. The van der Waals surface area contributed by atoms with Crippen LogP contribution in [0.25, 0.3) is 0 Å². The van der Waals surface area contributed by atoms with E-state index in [0.29, 0.717) is 6.54 Å². The third-order valence-corrected chi connectivity index (χ3v) is 2.47. The molecule has 2 rings (SSSR count). The third-order valence-electron chi connectivity index (χ3n) is 2.47. The van der Waals surface area contributed by atoms with Crippen molar-refractivity contribution in [3.8, 4) is 0 Å². The second-order valence-electron chi connectivity index (χ2n) is 3.24. The van der Waals surface area contributed by atoms with Gasteiger partial charge >= 0.3 is 0 Å². The molecule has 11 heavy (non-hydrogen) atoms. The summed E-state index contributed by atoms with van der Waals surface area (Å²) in [5.41, 5.74) is 7.89. The van der Waals surface area contributed by atoms with Crippen molar-refractivity contribution in [2.45, 2.75) is 25.2 Å². The fourth-order valence-electron chi connectivity index (χ4n) is 1.47. The molecule has 60 valence electrons. The number of aromatic nitrogens is 3. The molecule has 1 fully saturated rings. The average molecular weight is 152 g/mol. The molecular formula is C7H12N4. The number of nitrogens with two attached hydrogens (primary N) is 1. The average Bonchev–Trinajstić information content (AvgIpc) is 2.70. The molecule has 0 atom stereocenters. The molecule has 3 N–H and O–H groups in total. The van der Waals surface area contributed by atoms with E-state index in [9.17, 15) is 0 Å². The Hall–Kier alpha value is -0.900. The van der Waals surface area contributed by atoms with E-state index in [1.54, 1.807) is 0 Å². The van der Waals surface area contributed by atoms with Crippen LogP contribution in [0.1, 0.15) is 24.2 Å². The Bertz CT molecular complexity index is 261. The van der Waals surface area contributed by atoms with E-state index in [1.807, 2.05) is 6.92 Å². The molecule has 0 bridgehead atoms. The molecule has 1 aliphatic carbocycles. The highest BCUT2D eigenvalue weighted by atomic mass is 15.3. The fourth-order valence-corrected chi connectivity index (χ4v) is 1.47. The maximum Gasteiger partial charge on any atom is 0.0928 e. The van der Waals surface area contributed by atoms with Crippen molar-refractivity contribution in [2.75, 3.05) is 6.54 Å². The van der Waals surface area contributed by atoms with Gasteiger partial charge in [0.05, 0.1) is 11.4 Å². The van der Waals surface area contributed by atoms with Gasteiger partial charge in [-0.2, -0.15) is 15.4 Å².